The van der Waals surface area contributed by atoms with E-state index >= 15 is 0 Å². The molecule has 0 heterocycles. The predicted molar refractivity (Wildman–Crippen MR) is 144 cm³/mol. The van der Waals surface area contributed by atoms with Gasteiger partial charge in [0.2, 0.25) is 0 Å². The summed E-state index contributed by atoms with van der Waals surface area (Å²) in [6.45, 7) is 2.15. The Hall–Kier alpha value is 2.76. The molecule has 0 amide bonds. The third kappa shape index (κ3) is 5.14. The molecule has 0 aliphatic rings. The normalized spacial score (nSPS) is 11.3. The van der Waals surface area contributed by atoms with Gasteiger partial charge in [0.15, 0.2) is 0 Å². The van der Waals surface area contributed by atoms with Crippen molar-refractivity contribution in [2.24, 2.45) is 0 Å². The molecule has 9 heteroatoms. The van der Waals surface area contributed by atoms with Crippen LogP contribution in [0, 0.1) is 0 Å². The lowest BCUT2D eigenvalue weighted by Gasteiger charge is -2.17. The number of benzene rings is 2. The van der Waals surface area contributed by atoms with Gasteiger partial charge in [-0.2, -0.15) is 0 Å². The van der Waals surface area contributed by atoms with Gasteiger partial charge in [0, 0.05) is 40.3 Å². The summed E-state index contributed by atoms with van der Waals surface area (Å²) in [6.07, 6.45) is 3.86. The maximum absolute atomic E-state index is 3.77. The smallest absolute Gasteiger partial charge is 0.0482 e. The molecule has 0 radical (unpaired) electrons. The fourth-order valence-corrected chi connectivity index (χ4v) is 9.33. The molecular formula is C17H11Br9. The lowest BCUT2D eigenvalue weighted by molar-refractivity contribution is 0.805. The third-order valence-electron chi connectivity index (χ3n) is 3.95. The molecule has 0 bridgehead atoms. The fourth-order valence-electron chi connectivity index (χ4n) is 2.56. The SMILES string of the molecule is CCc1c(Br)c(Br)c(CCCc2c(Br)c(Br)c(Br)c(Br)c2Br)c(Br)c1Br. The Bertz CT molecular complexity index is 800. The summed E-state index contributed by atoms with van der Waals surface area (Å²) in [5.74, 6) is 0. The monoisotopic (exact) mass is 925 g/mol. The standard InChI is InChI=1S/C17H11Br9/c1-2-6-9(18)11(20)7(12(21)10(6)19)4-3-5-8-13(22)15(24)17(26)16(25)14(8)23/h2-5H2,1H3. The molecule has 2 aromatic rings. The summed E-state index contributed by atoms with van der Waals surface area (Å²) in [6, 6.07) is 0. The van der Waals surface area contributed by atoms with E-state index in [-0.39, 0.29) is 0 Å². The molecule has 0 unspecified atom stereocenters. The van der Waals surface area contributed by atoms with Crippen LogP contribution in [0.2, 0.25) is 0 Å². The van der Waals surface area contributed by atoms with Crippen molar-refractivity contribution in [3.63, 3.8) is 0 Å². The van der Waals surface area contributed by atoms with Crippen LogP contribution in [0.25, 0.3) is 0 Å². The second kappa shape index (κ2) is 10.9. The fraction of sp³-hybridized carbons (Fsp3) is 0.294. The zero-order valence-corrected chi connectivity index (χ0v) is 27.5. The topological polar surface area (TPSA) is 0 Å². The summed E-state index contributed by atoms with van der Waals surface area (Å²) < 4.78 is 9.67. The number of hydrogen-bond donors (Lipinski definition) is 0. The molecule has 0 fully saturated rings. The minimum absolute atomic E-state index is 0.940. The van der Waals surface area contributed by atoms with Crippen LogP contribution in [0.1, 0.15) is 30.0 Å². The number of rotatable bonds is 5. The first kappa shape index (κ1) is 25.0. The average Bonchev–Trinajstić information content (AvgIpc) is 2.62. The van der Waals surface area contributed by atoms with Crippen LogP contribution in [-0.2, 0) is 19.3 Å². The molecule has 0 aliphatic carbocycles. The molecule has 0 aromatic heterocycles. The number of halogens is 9. The Kier molecular flexibility index (Phi) is 10.5. The van der Waals surface area contributed by atoms with Crippen molar-refractivity contribution >= 4 is 143 Å². The summed E-state index contributed by atoms with van der Waals surface area (Å²) in [7, 11) is 0. The van der Waals surface area contributed by atoms with Crippen molar-refractivity contribution in [2.75, 3.05) is 0 Å². The van der Waals surface area contributed by atoms with Crippen LogP contribution in [0.5, 0.6) is 0 Å². The van der Waals surface area contributed by atoms with Crippen molar-refractivity contribution in [1.82, 2.24) is 0 Å². The maximum Gasteiger partial charge on any atom is 0.0482 e. The highest BCUT2D eigenvalue weighted by molar-refractivity contribution is 9.16. The molecule has 0 saturated heterocycles. The first-order valence-electron chi connectivity index (χ1n) is 7.47. The van der Waals surface area contributed by atoms with Crippen LogP contribution < -0.4 is 0 Å². The van der Waals surface area contributed by atoms with E-state index in [0.29, 0.717) is 0 Å². The summed E-state index contributed by atoms with van der Waals surface area (Å²) in [5, 5.41) is 0. The molecular weight excluding hydrogens is 923 g/mol. The van der Waals surface area contributed by atoms with Gasteiger partial charge < -0.3 is 0 Å². The predicted octanol–water partition coefficient (Wildman–Crippen LogP) is 11.3. The lowest BCUT2D eigenvalue weighted by atomic mass is 10.0. The average molecular weight is 934 g/mol. The van der Waals surface area contributed by atoms with E-state index in [0.717, 1.165) is 65.9 Å². The van der Waals surface area contributed by atoms with Gasteiger partial charge in [-0.3, -0.25) is 0 Å². The van der Waals surface area contributed by atoms with E-state index in [1.165, 1.54) is 16.7 Å². The van der Waals surface area contributed by atoms with Gasteiger partial charge in [-0.05, 0) is 186 Å². The quantitative estimate of drug-likeness (QED) is 0.207. The Morgan fingerprint density at radius 1 is 0.423 bits per heavy atom. The Morgan fingerprint density at radius 2 is 0.692 bits per heavy atom. The van der Waals surface area contributed by atoms with Crippen LogP contribution in [0.4, 0.5) is 0 Å². The molecule has 2 rings (SSSR count). The van der Waals surface area contributed by atoms with Gasteiger partial charge in [0.05, 0.1) is 0 Å². The van der Waals surface area contributed by atoms with Gasteiger partial charge >= 0.3 is 0 Å². The highest BCUT2D eigenvalue weighted by Gasteiger charge is 2.20. The van der Waals surface area contributed by atoms with Crippen molar-refractivity contribution in [3.05, 3.63) is 56.9 Å². The van der Waals surface area contributed by atoms with Crippen molar-refractivity contribution in [3.8, 4) is 0 Å². The molecule has 0 N–H and O–H groups in total. The minimum atomic E-state index is 0.940. The van der Waals surface area contributed by atoms with Crippen LogP contribution in [0.3, 0.4) is 0 Å². The summed E-state index contributed by atoms with van der Waals surface area (Å²) in [4.78, 5) is 0. The zero-order valence-electron chi connectivity index (χ0n) is 13.2. The van der Waals surface area contributed by atoms with Gasteiger partial charge in [-0.15, -0.1) is 0 Å². The molecule has 0 nitrogen and oxygen atoms in total. The van der Waals surface area contributed by atoms with Crippen LogP contribution in [0.15, 0.2) is 40.3 Å². The molecule has 0 aliphatic heterocycles. The largest absolute Gasteiger partial charge is 0.0612 e. The van der Waals surface area contributed by atoms with Crippen LogP contribution >= 0.6 is 143 Å². The van der Waals surface area contributed by atoms with Gasteiger partial charge in [-0.1, -0.05) is 6.92 Å². The van der Waals surface area contributed by atoms with E-state index in [4.69, 9.17) is 0 Å². The van der Waals surface area contributed by atoms with E-state index in [2.05, 4.69) is 150 Å². The minimum Gasteiger partial charge on any atom is -0.0612 e. The molecule has 0 spiro atoms. The molecule has 0 saturated carbocycles. The second-order valence-electron chi connectivity index (χ2n) is 5.47. The summed E-state index contributed by atoms with van der Waals surface area (Å²) in [5.41, 5.74) is 3.77. The van der Waals surface area contributed by atoms with Crippen molar-refractivity contribution in [1.29, 1.82) is 0 Å². The Balaban J connectivity index is 2.30. The van der Waals surface area contributed by atoms with Crippen molar-refractivity contribution < 1.29 is 0 Å². The second-order valence-corrected chi connectivity index (χ2v) is 12.6. The van der Waals surface area contributed by atoms with Gasteiger partial charge in [0.1, 0.15) is 0 Å². The highest BCUT2D eigenvalue weighted by Crippen LogP contribution is 2.46. The molecule has 0 atom stereocenters. The first-order chi connectivity index (χ1) is 12.1. The third-order valence-corrected chi connectivity index (χ3v) is 14.8. The van der Waals surface area contributed by atoms with Gasteiger partial charge in [0.25, 0.3) is 0 Å². The van der Waals surface area contributed by atoms with E-state index in [1.807, 2.05) is 0 Å². The Morgan fingerprint density at radius 3 is 1.04 bits per heavy atom. The summed E-state index contributed by atoms with van der Waals surface area (Å²) >= 11 is 33.3. The van der Waals surface area contributed by atoms with Crippen molar-refractivity contribution in [2.45, 2.75) is 32.6 Å². The lowest BCUT2D eigenvalue weighted by Crippen LogP contribution is -1.99. The zero-order chi connectivity index (χ0) is 19.8. The van der Waals surface area contributed by atoms with E-state index in [1.54, 1.807) is 0 Å². The van der Waals surface area contributed by atoms with Crippen LogP contribution in [-0.4, -0.2) is 0 Å². The Labute approximate surface area is 229 Å². The maximum atomic E-state index is 3.77. The molecule has 142 valence electrons. The van der Waals surface area contributed by atoms with E-state index in [9.17, 15) is 0 Å². The van der Waals surface area contributed by atoms with E-state index < -0.39 is 0 Å². The molecule has 26 heavy (non-hydrogen) atoms. The molecule has 2 aromatic carbocycles. The first-order valence-corrected chi connectivity index (χ1v) is 14.6. The number of hydrogen-bond acceptors (Lipinski definition) is 0. The highest BCUT2D eigenvalue weighted by atomic mass is 79.9. The van der Waals surface area contributed by atoms with Gasteiger partial charge in [-0.25, -0.2) is 0 Å².